The van der Waals surface area contributed by atoms with Crippen molar-refractivity contribution in [2.24, 2.45) is 0 Å². The number of nitrogens with one attached hydrogen (secondary N) is 2. The standard InChI is InChI=1S/C12H12FN3O2/c1-2-11(17)15-8-3-4-9(13)10(7-8)16-12(18)5-6-14/h3-4,7H,2,5H2,1H3,(H,15,17)(H,16,18). The predicted molar refractivity (Wildman–Crippen MR) is 64.2 cm³/mol. The van der Waals surface area contributed by atoms with Crippen LogP contribution in [-0.4, -0.2) is 11.8 Å². The summed E-state index contributed by atoms with van der Waals surface area (Å²) >= 11 is 0. The van der Waals surface area contributed by atoms with Gasteiger partial charge < -0.3 is 10.6 Å². The van der Waals surface area contributed by atoms with E-state index in [2.05, 4.69) is 10.6 Å². The van der Waals surface area contributed by atoms with Crippen LogP contribution < -0.4 is 10.6 Å². The first-order valence-electron chi connectivity index (χ1n) is 5.33. The van der Waals surface area contributed by atoms with E-state index in [1.165, 1.54) is 12.1 Å². The molecule has 0 aliphatic heterocycles. The van der Waals surface area contributed by atoms with Crippen LogP contribution in [0, 0.1) is 17.1 Å². The second-order valence-electron chi connectivity index (χ2n) is 3.48. The van der Waals surface area contributed by atoms with E-state index >= 15 is 0 Å². The summed E-state index contributed by atoms with van der Waals surface area (Å²) in [6.07, 6.45) is -0.0571. The van der Waals surface area contributed by atoms with Gasteiger partial charge in [0.2, 0.25) is 11.8 Å². The minimum atomic E-state index is -0.629. The van der Waals surface area contributed by atoms with Crippen LogP contribution in [0.1, 0.15) is 19.8 Å². The molecule has 2 amide bonds. The molecule has 0 radical (unpaired) electrons. The van der Waals surface area contributed by atoms with Gasteiger partial charge in [0.1, 0.15) is 12.2 Å². The van der Waals surface area contributed by atoms with Crippen LogP contribution in [0.5, 0.6) is 0 Å². The van der Waals surface area contributed by atoms with E-state index in [4.69, 9.17) is 5.26 Å². The van der Waals surface area contributed by atoms with Gasteiger partial charge >= 0.3 is 0 Å². The number of carbonyl (C=O) groups is 2. The number of nitrogens with zero attached hydrogens (tertiary/aromatic N) is 1. The average molecular weight is 249 g/mol. The number of halogens is 1. The van der Waals surface area contributed by atoms with Crippen molar-refractivity contribution in [3.8, 4) is 6.07 Å². The summed E-state index contributed by atoms with van der Waals surface area (Å²) in [6.45, 7) is 1.69. The molecule has 0 fully saturated rings. The summed E-state index contributed by atoms with van der Waals surface area (Å²) in [5.74, 6) is -1.44. The zero-order valence-electron chi connectivity index (χ0n) is 9.79. The first kappa shape index (κ1) is 13.6. The third-order valence-corrected chi connectivity index (χ3v) is 2.08. The molecule has 5 nitrogen and oxygen atoms in total. The number of hydrogen-bond donors (Lipinski definition) is 2. The highest BCUT2D eigenvalue weighted by molar-refractivity contribution is 5.94. The molecule has 0 aromatic heterocycles. The van der Waals surface area contributed by atoms with Gasteiger partial charge in [0, 0.05) is 12.1 Å². The third kappa shape index (κ3) is 3.87. The predicted octanol–water partition coefficient (Wildman–Crippen LogP) is 2.03. The Kier molecular flexibility index (Phi) is 4.81. The number of hydrogen-bond acceptors (Lipinski definition) is 3. The molecule has 18 heavy (non-hydrogen) atoms. The lowest BCUT2D eigenvalue weighted by molar-refractivity contribution is -0.116. The largest absolute Gasteiger partial charge is 0.326 e. The Morgan fingerprint density at radius 3 is 2.67 bits per heavy atom. The number of anilines is 2. The number of nitriles is 1. The lowest BCUT2D eigenvalue weighted by Crippen LogP contribution is -2.13. The summed E-state index contributed by atoms with van der Waals surface area (Å²) in [5.41, 5.74) is 0.319. The molecular formula is C12H12FN3O2. The van der Waals surface area contributed by atoms with Gasteiger partial charge in [0.05, 0.1) is 11.8 Å². The van der Waals surface area contributed by atoms with Crippen LogP contribution >= 0.6 is 0 Å². The van der Waals surface area contributed by atoms with Crippen molar-refractivity contribution < 1.29 is 14.0 Å². The maximum absolute atomic E-state index is 13.4. The molecule has 0 atom stereocenters. The Morgan fingerprint density at radius 2 is 2.06 bits per heavy atom. The van der Waals surface area contributed by atoms with Crippen molar-refractivity contribution >= 4 is 23.2 Å². The first-order chi connectivity index (χ1) is 8.56. The van der Waals surface area contributed by atoms with Gasteiger partial charge in [-0.3, -0.25) is 9.59 Å². The Bertz CT molecular complexity index is 509. The SMILES string of the molecule is CCC(=O)Nc1ccc(F)c(NC(=O)CC#N)c1. The molecule has 1 aromatic carbocycles. The molecule has 94 valence electrons. The topological polar surface area (TPSA) is 82.0 Å². The molecule has 0 bridgehead atoms. The highest BCUT2D eigenvalue weighted by atomic mass is 19.1. The fourth-order valence-electron chi connectivity index (χ4n) is 1.21. The lowest BCUT2D eigenvalue weighted by Gasteiger charge is -2.08. The van der Waals surface area contributed by atoms with Crippen LogP contribution in [0.25, 0.3) is 0 Å². The van der Waals surface area contributed by atoms with E-state index in [0.717, 1.165) is 6.07 Å². The normalized spacial score (nSPS) is 9.39. The van der Waals surface area contributed by atoms with Crippen LogP contribution in [0.3, 0.4) is 0 Å². The van der Waals surface area contributed by atoms with Crippen molar-refractivity contribution in [1.82, 2.24) is 0 Å². The summed E-state index contributed by atoms with van der Waals surface area (Å²) in [7, 11) is 0. The van der Waals surface area contributed by atoms with E-state index in [1.54, 1.807) is 13.0 Å². The molecule has 6 heteroatoms. The average Bonchev–Trinajstić information content (AvgIpc) is 2.33. The molecule has 1 aromatic rings. The van der Waals surface area contributed by atoms with Crippen LogP contribution in [0.4, 0.5) is 15.8 Å². The van der Waals surface area contributed by atoms with E-state index in [9.17, 15) is 14.0 Å². The molecule has 0 aliphatic carbocycles. The molecule has 0 aliphatic rings. The molecule has 1 rings (SSSR count). The fraction of sp³-hybridized carbons (Fsp3) is 0.250. The van der Waals surface area contributed by atoms with Crippen molar-refractivity contribution in [1.29, 1.82) is 5.26 Å². The Morgan fingerprint density at radius 1 is 1.33 bits per heavy atom. The third-order valence-electron chi connectivity index (χ3n) is 2.08. The number of benzene rings is 1. The van der Waals surface area contributed by atoms with Crippen molar-refractivity contribution in [2.45, 2.75) is 19.8 Å². The lowest BCUT2D eigenvalue weighted by atomic mass is 10.2. The van der Waals surface area contributed by atoms with E-state index in [1.807, 2.05) is 0 Å². The van der Waals surface area contributed by atoms with Crippen molar-refractivity contribution in [3.05, 3.63) is 24.0 Å². The van der Waals surface area contributed by atoms with Gasteiger partial charge in [-0.2, -0.15) is 5.26 Å². The quantitative estimate of drug-likeness (QED) is 0.856. The van der Waals surface area contributed by atoms with Crippen LogP contribution in [-0.2, 0) is 9.59 Å². The zero-order chi connectivity index (χ0) is 13.5. The van der Waals surface area contributed by atoms with Gasteiger partial charge in [-0.1, -0.05) is 6.92 Å². The molecule has 0 unspecified atom stereocenters. The maximum atomic E-state index is 13.4. The summed E-state index contributed by atoms with van der Waals surface area (Å²) in [6, 6.07) is 5.49. The van der Waals surface area contributed by atoms with Gasteiger partial charge in [0.25, 0.3) is 0 Å². The molecule has 0 heterocycles. The zero-order valence-corrected chi connectivity index (χ0v) is 9.79. The summed E-state index contributed by atoms with van der Waals surface area (Å²) in [4.78, 5) is 22.3. The highest BCUT2D eigenvalue weighted by Crippen LogP contribution is 2.20. The minimum absolute atomic E-state index is 0.0656. The van der Waals surface area contributed by atoms with Gasteiger partial charge in [-0.05, 0) is 18.2 Å². The van der Waals surface area contributed by atoms with Gasteiger partial charge in [0.15, 0.2) is 0 Å². The van der Waals surface area contributed by atoms with Gasteiger partial charge in [-0.25, -0.2) is 4.39 Å². The molecule has 0 spiro atoms. The molecular weight excluding hydrogens is 237 g/mol. The van der Waals surface area contributed by atoms with Crippen molar-refractivity contribution in [3.63, 3.8) is 0 Å². The first-order valence-corrected chi connectivity index (χ1v) is 5.33. The number of carbonyl (C=O) groups excluding carboxylic acids is 2. The van der Waals surface area contributed by atoms with Crippen LogP contribution in [0.2, 0.25) is 0 Å². The Labute approximate surface area is 104 Å². The fourth-order valence-corrected chi connectivity index (χ4v) is 1.21. The second-order valence-corrected chi connectivity index (χ2v) is 3.48. The van der Waals surface area contributed by atoms with E-state index in [-0.39, 0.29) is 18.0 Å². The smallest absolute Gasteiger partial charge is 0.238 e. The summed E-state index contributed by atoms with van der Waals surface area (Å²) < 4.78 is 13.4. The summed E-state index contributed by atoms with van der Waals surface area (Å²) in [5, 5.41) is 13.1. The monoisotopic (exact) mass is 249 g/mol. The van der Waals surface area contributed by atoms with E-state index in [0.29, 0.717) is 12.1 Å². The Balaban J connectivity index is 2.84. The Hall–Kier alpha value is -2.42. The van der Waals surface area contributed by atoms with Crippen molar-refractivity contribution in [2.75, 3.05) is 10.6 Å². The minimum Gasteiger partial charge on any atom is -0.326 e. The van der Waals surface area contributed by atoms with Crippen LogP contribution in [0.15, 0.2) is 18.2 Å². The second kappa shape index (κ2) is 6.35. The van der Waals surface area contributed by atoms with E-state index < -0.39 is 11.7 Å². The molecule has 0 saturated heterocycles. The molecule has 2 N–H and O–H groups in total. The molecule has 0 saturated carbocycles. The number of rotatable bonds is 4. The maximum Gasteiger partial charge on any atom is 0.238 e. The van der Waals surface area contributed by atoms with Gasteiger partial charge in [-0.15, -0.1) is 0 Å². The number of amides is 2. The highest BCUT2D eigenvalue weighted by Gasteiger charge is 2.08.